The summed E-state index contributed by atoms with van der Waals surface area (Å²) < 4.78 is 44.5. The highest BCUT2D eigenvalue weighted by molar-refractivity contribution is 5.91. The number of carbonyl (C=O) groups excluding carboxylic acids is 2. The van der Waals surface area contributed by atoms with Crippen molar-refractivity contribution in [2.45, 2.75) is 25.1 Å². The van der Waals surface area contributed by atoms with Gasteiger partial charge in [0.2, 0.25) is 11.7 Å². The second-order valence-corrected chi connectivity index (χ2v) is 8.76. The molecular formula is C26H23F3N4O3. The van der Waals surface area contributed by atoms with Crippen LogP contribution in [0.5, 0.6) is 0 Å². The summed E-state index contributed by atoms with van der Waals surface area (Å²) in [5.41, 5.74) is 1.86. The Bertz CT molecular complexity index is 1360. The lowest BCUT2D eigenvalue weighted by Gasteiger charge is -2.32. The van der Waals surface area contributed by atoms with Crippen LogP contribution in [0.4, 0.5) is 13.2 Å². The summed E-state index contributed by atoms with van der Waals surface area (Å²) in [6.07, 6.45) is -2.15. The Kier molecular flexibility index (Phi) is 6.26. The van der Waals surface area contributed by atoms with E-state index < -0.39 is 18.0 Å². The molecule has 0 bridgehead atoms. The minimum absolute atomic E-state index is 0.172. The van der Waals surface area contributed by atoms with E-state index in [1.54, 1.807) is 29.2 Å². The van der Waals surface area contributed by atoms with Gasteiger partial charge in [-0.1, -0.05) is 36.4 Å². The van der Waals surface area contributed by atoms with E-state index in [0.29, 0.717) is 31.5 Å². The third-order valence-electron chi connectivity index (χ3n) is 6.41. The van der Waals surface area contributed by atoms with Crippen molar-refractivity contribution in [3.8, 4) is 0 Å². The Labute approximate surface area is 204 Å². The molecule has 1 unspecified atom stereocenters. The van der Waals surface area contributed by atoms with Gasteiger partial charge in [0, 0.05) is 19.0 Å². The van der Waals surface area contributed by atoms with Crippen molar-refractivity contribution in [2.75, 3.05) is 13.1 Å². The van der Waals surface area contributed by atoms with Crippen LogP contribution in [0.2, 0.25) is 0 Å². The van der Waals surface area contributed by atoms with Crippen molar-refractivity contribution in [3.63, 3.8) is 0 Å². The van der Waals surface area contributed by atoms with Gasteiger partial charge >= 0.3 is 6.18 Å². The van der Waals surface area contributed by atoms with Gasteiger partial charge in [-0.2, -0.15) is 13.2 Å². The number of aromatic amines is 1. The van der Waals surface area contributed by atoms with E-state index in [-0.39, 0.29) is 34.5 Å². The molecule has 2 aromatic heterocycles. The number of nitrogens with one attached hydrogen (secondary N) is 2. The van der Waals surface area contributed by atoms with Crippen LogP contribution in [-0.2, 0) is 11.0 Å². The van der Waals surface area contributed by atoms with Gasteiger partial charge in [0.05, 0.1) is 23.3 Å². The van der Waals surface area contributed by atoms with Gasteiger partial charge < -0.3 is 19.6 Å². The number of benzene rings is 2. The number of hydrogen-bond acceptors (Lipinski definition) is 4. The average molecular weight is 496 g/mol. The zero-order valence-corrected chi connectivity index (χ0v) is 19.1. The minimum Gasteiger partial charge on any atom is -0.459 e. The maximum absolute atomic E-state index is 13.3. The van der Waals surface area contributed by atoms with Crippen molar-refractivity contribution < 1.29 is 27.2 Å². The largest absolute Gasteiger partial charge is 0.459 e. The Morgan fingerprint density at radius 1 is 1.03 bits per heavy atom. The first-order valence-electron chi connectivity index (χ1n) is 11.5. The first-order chi connectivity index (χ1) is 17.3. The van der Waals surface area contributed by atoms with E-state index in [4.69, 9.17) is 4.42 Å². The van der Waals surface area contributed by atoms with Gasteiger partial charge in [-0.05, 0) is 48.2 Å². The van der Waals surface area contributed by atoms with Crippen LogP contribution in [0.15, 0.2) is 71.3 Å². The number of hydrogen-bond donors (Lipinski definition) is 2. The number of H-pyrrole nitrogens is 1. The smallest absolute Gasteiger partial charge is 0.449 e. The van der Waals surface area contributed by atoms with Crippen molar-refractivity contribution in [1.82, 2.24) is 20.2 Å². The maximum atomic E-state index is 13.3. The van der Waals surface area contributed by atoms with Gasteiger partial charge in [-0.3, -0.25) is 9.59 Å². The SMILES string of the molecule is O=C(NC(c1ccccc1)c1ccc2nc(C(F)(F)F)[nH]c2c1)C1CCN(C(=O)c2ccco2)CC1. The maximum Gasteiger partial charge on any atom is 0.449 e. The molecule has 1 aliphatic rings. The number of fused-ring (bicyclic) bond motifs is 1. The third-order valence-corrected chi connectivity index (χ3v) is 6.41. The number of imidazole rings is 1. The highest BCUT2D eigenvalue weighted by atomic mass is 19.4. The molecule has 186 valence electrons. The predicted octanol–water partition coefficient (Wildman–Crippen LogP) is 4.93. The van der Waals surface area contributed by atoms with Gasteiger partial charge in [0.1, 0.15) is 0 Å². The first-order valence-corrected chi connectivity index (χ1v) is 11.5. The fraction of sp³-hybridized carbons (Fsp3) is 0.269. The molecule has 0 saturated carbocycles. The molecule has 0 radical (unpaired) electrons. The number of amides is 2. The second-order valence-electron chi connectivity index (χ2n) is 8.76. The van der Waals surface area contributed by atoms with Gasteiger partial charge in [-0.15, -0.1) is 0 Å². The second kappa shape index (κ2) is 9.52. The Morgan fingerprint density at radius 2 is 1.78 bits per heavy atom. The lowest BCUT2D eigenvalue weighted by molar-refractivity contribution is -0.144. The van der Waals surface area contributed by atoms with E-state index in [0.717, 1.165) is 5.56 Å². The molecule has 2 aromatic carbocycles. The summed E-state index contributed by atoms with van der Waals surface area (Å²) in [5.74, 6) is -1.47. The fourth-order valence-corrected chi connectivity index (χ4v) is 4.51. The van der Waals surface area contributed by atoms with Crippen molar-refractivity contribution >= 4 is 22.8 Å². The molecular weight excluding hydrogens is 473 g/mol. The number of aromatic nitrogens is 2. The Morgan fingerprint density at radius 3 is 2.44 bits per heavy atom. The van der Waals surface area contributed by atoms with Gasteiger partial charge in [-0.25, -0.2) is 4.98 Å². The molecule has 2 N–H and O–H groups in total. The van der Waals surface area contributed by atoms with Gasteiger partial charge in [0.15, 0.2) is 5.76 Å². The number of likely N-dealkylation sites (tertiary alicyclic amines) is 1. The summed E-state index contributed by atoms with van der Waals surface area (Å²) in [5, 5.41) is 3.08. The molecule has 1 saturated heterocycles. The number of rotatable bonds is 5. The molecule has 1 fully saturated rings. The van der Waals surface area contributed by atoms with Crippen LogP contribution in [0, 0.1) is 5.92 Å². The minimum atomic E-state index is -4.58. The number of nitrogens with zero attached hydrogens (tertiary/aromatic N) is 2. The van der Waals surface area contributed by atoms with Crippen LogP contribution in [0.25, 0.3) is 11.0 Å². The molecule has 0 aliphatic carbocycles. The summed E-state index contributed by atoms with van der Waals surface area (Å²) in [6, 6.07) is 16.7. The van der Waals surface area contributed by atoms with E-state index >= 15 is 0 Å². The standard InChI is InChI=1S/C26H23F3N4O3/c27-26(28,29)25-30-19-9-8-18(15-20(19)31-25)22(16-5-2-1-3-6-16)32-23(34)17-10-12-33(13-11-17)24(35)21-7-4-14-36-21/h1-9,14-15,17,22H,10-13H2,(H,30,31)(H,32,34). The molecule has 7 nitrogen and oxygen atoms in total. The monoisotopic (exact) mass is 496 g/mol. The molecule has 36 heavy (non-hydrogen) atoms. The summed E-state index contributed by atoms with van der Waals surface area (Å²) in [6.45, 7) is 0.849. The highest BCUT2D eigenvalue weighted by Crippen LogP contribution is 2.31. The predicted molar refractivity (Wildman–Crippen MR) is 125 cm³/mol. The van der Waals surface area contributed by atoms with Crippen molar-refractivity contribution in [2.24, 2.45) is 5.92 Å². The van der Waals surface area contributed by atoms with E-state index in [1.807, 2.05) is 30.3 Å². The topological polar surface area (TPSA) is 91.2 Å². The number of carbonyl (C=O) groups is 2. The molecule has 10 heteroatoms. The quantitative estimate of drug-likeness (QED) is 0.410. The van der Waals surface area contributed by atoms with E-state index in [1.165, 1.54) is 12.3 Å². The van der Waals surface area contributed by atoms with Crippen molar-refractivity contribution in [3.05, 3.63) is 89.6 Å². The molecule has 3 heterocycles. The highest BCUT2D eigenvalue weighted by Gasteiger charge is 2.35. The van der Waals surface area contributed by atoms with Crippen LogP contribution < -0.4 is 5.32 Å². The van der Waals surface area contributed by atoms with Gasteiger partial charge in [0.25, 0.3) is 5.91 Å². The van der Waals surface area contributed by atoms with E-state index in [9.17, 15) is 22.8 Å². The Hall–Kier alpha value is -4.08. The first kappa shape index (κ1) is 23.7. The lowest BCUT2D eigenvalue weighted by atomic mass is 9.93. The average Bonchev–Trinajstić information content (AvgIpc) is 3.57. The zero-order valence-electron chi connectivity index (χ0n) is 19.1. The number of piperidine rings is 1. The number of halogens is 3. The summed E-state index contributed by atoms with van der Waals surface area (Å²) >= 11 is 0. The number of furan rings is 1. The Balaban J connectivity index is 1.34. The van der Waals surface area contributed by atoms with Crippen LogP contribution in [0.1, 0.15) is 46.4 Å². The number of alkyl halides is 3. The molecule has 2 amide bonds. The molecule has 0 spiro atoms. The lowest BCUT2D eigenvalue weighted by Crippen LogP contribution is -2.43. The van der Waals surface area contributed by atoms with Crippen LogP contribution in [-0.4, -0.2) is 39.8 Å². The fourth-order valence-electron chi connectivity index (χ4n) is 4.51. The molecule has 4 aromatic rings. The van der Waals surface area contributed by atoms with Crippen LogP contribution >= 0.6 is 0 Å². The van der Waals surface area contributed by atoms with Crippen molar-refractivity contribution in [1.29, 1.82) is 0 Å². The summed E-state index contributed by atoms with van der Waals surface area (Å²) in [7, 11) is 0. The summed E-state index contributed by atoms with van der Waals surface area (Å²) in [4.78, 5) is 33.4. The molecule has 5 rings (SSSR count). The van der Waals surface area contributed by atoms with Crippen LogP contribution in [0.3, 0.4) is 0 Å². The molecule has 1 aliphatic heterocycles. The molecule has 1 atom stereocenters. The van der Waals surface area contributed by atoms with E-state index in [2.05, 4.69) is 15.3 Å². The zero-order chi connectivity index (χ0) is 25.3. The normalized spacial score (nSPS) is 15.7. The third kappa shape index (κ3) is 4.84.